The van der Waals surface area contributed by atoms with Gasteiger partial charge in [0.15, 0.2) is 28.9 Å². The topological polar surface area (TPSA) is 56.7 Å². The summed E-state index contributed by atoms with van der Waals surface area (Å²) in [6.07, 6.45) is 4.60. The summed E-state index contributed by atoms with van der Waals surface area (Å²) in [6.45, 7) is 5.26. The molecule has 0 radical (unpaired) electrons. The maximum atomic E-state index is 15.3. The van der Waals surface area contributed by atoms with Crippen LogP contribution in [0.1, 0.15) is 20.3 Å². The van der Waals surface area contributed by atoms with E-state index in [1.54, 1.807) is 44.8 Å². The fraction of sp³-hybridized carbons (Fsp3) is 0.212. The molecule has 0 bridgehead atoms. The van der Waals surface area contributed by atoms with E-state index in [0.29, 0.717) is 34.6 Å². The third kappa shape index (κ3) is 5.83. The number of aromatic nitrogens is 2. The van der Waals surface area contributed by atoms with Gasteiger partial charge in [-0.15, -0.1) is 0 Å². The molecule has 0 saturated carbocycles. The average Bonchev–Trinajstić information content (AvgIpc) is 2.98. The van der Waals surface area contributed by atoms with Crippen molar-refractivity contribution in [1.82, 2.24) is 9.97 Å². The first-order valence-corrected chi connectivity index (χ1v) is 13.2. The van der Waals surface area contributed by atoms with Crippen molar-refractivity contribution in [3.8, 4) is 34.4 Å². The van der Waals surface area contributed by atoms with Gasteiger partial charge in [-0.05, 0) is 66.3 Å². The highest BCUT2D eigenvalue weighted by atomic mass is 19.1. The maximum Gasteiger partial charge on any atom is 0.166 e. The summed E-state index contributed by atoms with van der Waals surface area (Å²) < 4.78 is 32.1. The molecule has 0 N–H and O–H groups in total. The molecule has 1 aromatic heterocycles. The van der Waals surface area contributed by atoms with E-state index in [0.717, 1.165) is 35.1 Å². The predicted molar refractivity (Wildman–Crippen MR) is 157 cm³/mol. The Bertz CT molecular complexity index is 1590. The number of ether oxygens (including phenoxy) is 3. The van der Waals surface area contributed by atoms with Gasteiger partial charge in [0.25, 0.3) is 0 Å². The minimum atomic E-state index is -0.509. The zero-order valence-electron chi connectivity index (χ0n) is 23.1. The van der Waals surface area contributed by atoms with Crippen LogP contribution in [-0.4, -0.2) is 30.7 Å². The second-order valence-electron chi connectivity index (χ2n) is 9.87. The Labute approximate surface area is 234 Å². The number of halogens is 1. The lowest BCUT2D eigenvalue weighted by molar-refractivity contribution is 0.355. The lowest BCUT2D eigenvalue weighted by atomic mass is 10.1. The van der Waals surface area contributed by atoms with Crippen molar-refractivity contribution in [1.29, 1.82) is 0 Å². The Hall–Kier alpha value is -4.65. The lowest BCUT2D eigenvalue weighted by Gasteiger charge is -2.25. The number of fused-ring (bicyclic) bond motifs is 1. The molecule has 0 aliphatic heterocycles. The summed E-state index contributed by atoms with van der Waals surface area (Å²) in [4.78, 5) is 11.3. The summed E-state index contributed by atoms with van der Waals surface area (Å²) >= 11 is 0. The van der Waals surface area contributed by atoms with Crippen molar-refractivity contribution >= 4 is 22.1 Å². The molecule has 0 spiro atoms. The zero-order chi connectivity index (χ0) is 28.1. The van der Waals surface area contributed by atoms with Crippen molar-refractivity contribution in [2.24, 2.45) is 5.92 Å². The van der Waals surface area contributed by atoms with Gasteiger partial charge in [-0.25, -0.2) is 14.4 Å². The normalized spacial score (nSPS) is 11.1. The summed E-state index contributed by atoms with van der Waals surface area (Å²) in [5.41, 5.74) is 2.53. The monoisotopic (exact) mass is 537 g/mol. The number of hydrogen-bond acceptors (Lipinski definition) is 6. The molecule has 204 valence electrons. The molecule has 1 heterocycles. The van der Waals surface area contributed by atoms with Crippen LogP contribution in [-0.2, 0) is 0 Å². The van der Waals surface area contributed by atoms with E-state index < -0.39 is 5.82 Å². The molecule has 6 nitrogen and oxygen atoms in total. The SMILES string of the molecule is COc1cc2cccc(Oc3ccc(-c4ncc(N(CCC(C)C)c5ccccc5)cn4)cc3F)c2cc1OC. The Balaban J connectivity index is 1.39. The van der Waals surface area contributed by atoms with Crippen LogP contribution in [0.2, 0.25) is 0 Å². The molecule has 0 atom stereocenters. The Morgan fingerprint density at radius 2 is 1.48 bits per heavy atom. The fourth-order valence-electron chi connectivity index (χ4n) is 4.52. The second kappa shape index (κ2) is 12.0. The van der Waals surface area contributed by atoms with Crippen molar-refractivity contribution in [3.63, 3.8) is 0 Å². The number of hydrogen-bond donors (Lipinski definition) is 0. The highest BCUT2D eigenvalue weighted by Crippen LogP contribution is 2.38. The van der Waals surface area contributed by atoms with E-state index in [9.17, 15) is 0 Å². The van der Waals surface area contributed by atoms with Crippen LogP contribution in [0.3, 0.4) is 0 Å². The van der Waals surface area contributed by atoms with Crippen LogP contribution in [0.4, 0.5) is 15.8 Å². The van der Waals surface area contributed by atoms with Gasteiger partial charge in [0.1, 0.15) is 5.75 Å². The van der Waals surface area contributed by atoms with E-state index in [-0.39, 0.29) is 5.75 Å². The first kappa shape index (κ1) is 26.9. The number of rotatable bonds is 10. The zero-order valence-corrected chi connectivity index (χ0v) is 23.1. The standard InChI is InChI=1S/C33H32FN3O3/c1-22(2)15-16-37(25-10-6-5-7-11-25)26-20-35-33(36-21-26)24-13-14-30(28(34)17-24)40-29-12-8-9-23-18-31(38-3)32(39-4)19-27(23)29/h5-14,17-22H,15-16H2,1-4H3. The van der Waals surface area contributed by atoms with Crippen LogP contribution in [0.25, 0.3) is 22.2 Å². The third-order valence-corrected chi connectivity index (χ3v) is 6.70. The molecule has 0 aliphatic rings. The number of nitrogens with zero attached hydrogens (tertiary/aromatic N) is 3. The largest absolute Gasteiger partial charge is 0.493 e. The molecule has 0 unspecified atom stereocenters. The molecular formula is C33H32FN3O3. The van der Waals surface area contributed by atoms with Crippen LogP contribution in [0, 0.1) is 11.7 Å². The van der Waals surface area contributed by atoms with Gasteiger partial charge in [0.05, 0.1) is 32.3 Å². The first-order chi connectivity index (χ1) is 19.5. The summed E-state index contributed by atoms with van der Waals surface area (Å²) in [7, 11) is 3.16. The van der Waals surface area contributed by atoms with Gasteiger partial charge < -0.3 is 19.1 Å². The molecule has 4 aromatic carbocycles. The van der Waals surface area contributed by atoms with Gasteiger partial charge in [0.2, 0.25) is 0 Å². The van der Waals surface area contributed by atoms with Gasteiger partial charge in [-0.3, -0.25) is 0 Å². The summed E-state index contributed by atoms with van der Waals surface area (Å²) in [6, 6.07) is 24.2. The second-order valence-corrected chi connectivity index (χ2v) is 9.87. The molecule has 5 rings (SSSR count). The highest BCUT2D eigenvalue weighted by molar-refractivity contribution is 5.91. The van der Waals surface area contributed by atoms with Crippen LogP contribution >= 0.6 is 0 Å². The maximum absolute atomic E-state index is 15.3. The van der Waals surface area contributed by atoms with Crippen molar-refractivity contribution in [2.75, 3.05) is 25.7 Å². The number of para-hydroxylation sites is 1. The van der Waals surface area contributed by atoms with Gasteiger partial charge in [-0.2, -0.15) is 0 Å². The fourth-order valence-corrected chi connectivity index (χ4v) is 4.52. The molecule has 0 fully saturated rings. The number of methoxy groups -OCH3 is 2. The minimum Gasteiger partial charge on any atom is -0.493 e. The van der Waals surface area contributed by atoms with Crippen LogP contribution < -0.4 is 19.1 Å². The molecule has 40 heavy (non-hydrogen) atoms. The molecule has 0 aliphatic carbocycles. The summed E-state index contributed by atoms with van der Waals surface area (Å²) in [5.74, 6) is 2.28. The van der Waals surface area contributed by atoms with Crippen LogP contribution in [0.15, 0.2) is 91.3 Å². The average molecular weight is 538 g/mol. The van der Waals surface area contributed by atoms with E-state index in [2.05, 4.69) is 40.8 Å². The van der Waals surface area contributed by atoms with E-state index >= 15 is 4.39 Å². The smallest absolute Gasteiger partial charge is 0.166 e. The Kier molecular flexibility index (Phi) is 8.10. The van der Waals surface area contributed by atoms with E-state index in [4.69, 9.17) is 14.2 Å². The minimum absolute atomic E-state index is 0.103. The van der Waals surface area contributed by atoms with Crippen molar-refractivity contribution in [3.05, 3.63) is 97.1 Å². The van der Waals surface area contributed by atoms with Crippen molar-refractivity contribution in [2.45, 2.75) is 20.3 Å². The van der Waals surface area contributed by atoms with Crippen LogP contribution in [0.5, 0.6) is 23.0 Å². The molecule has 5 aromatic rings. The Morgan fingerprint density at radius 3 is 2.15 bits per heavy atom. The molecule has 0 saturated heterocycles. The Morgan fingerprint density at radius 1 is 0.750 bits per heavy atom. The first-order valence-electron chi connectivity index (χ1n) is 13.2. The predicted octanol–water partition coefficient (Wildman–Crippen LogP) is 8.43. The third-order valence-electron chi connectivity index (χ3n) is 6.70. The van der Waals surface area contributed by atoms with Gasteiger partial charge in [0, 0.05) is 23.2 Å². The molecule has 0 amide bonds. The van der Waals surface area contributed by atoms with Gasteiger partial charge in [-0.1, -0.05) is 44.2 Å². The quantitative estimate of drug-likeness (QED) is 0.178. The van der Waals surface area contributed by atoms with Gasteiger partial charge >= 0.3 is 0 Å². The molecular weight excluding hydrogens is 505 g/mol. The summed E-state index contributed by atoms with van der Waals surface area (Å²) in [5, 5.41) is 1.67. The highest BCUT2D eigenvalue weighted by Gasteiger charge is 2.15. The molecule has 7 heteroatoms. The number of benzene rings is 4. The lowest BCUT2D eigenvalue weighted by Crippen LogP contribution is -2.20. The van der Waals surface area contributed by atoms with Crippen molar-refractivity contribution < 1.29 is 18.6 Å². The van der Waals surface area contributed by atoms with E-state index in [1.165, 1.54) is 6.07 Å². The van der Waals surface area contributed by atoms with E-state index in [1.807, 2.05) is 42.5 Å². The number of anilines is 2.